The Labute approximate surface area is 149 Å². The average Bonchev–Trinajstić information content (AvgIpc) is 2.62. The van der Waals surface area contributed by atoms with E-state index in [1.807, 2.05) is 44.4 Å². The summed E-state index contributed by atoms with van der Waals surface area (Å²) in [6.45, 7) is 1.64. The summed E-state index contributed by atoms with van der Waals surface area (Å²) in [7, 11) is 4.08. The molecule has 126 valence electrons. The van der Waals surface area contributed by atoms with Crippen LogP contribution in [0.15, 0.2) is 54.6 Å². The second kappa shape index (κ2) is 7.64. The van der Waals surface area contributed by atoms with Crippen molar-refractivity contribution in [1.29, 1.82) is 0 Å². The van der Waals surface area contributed by atoms with Gasteiger partial charge in [-0.15, -0.1) is 0 Å². The van der Waals surface area contributed by atoms with Gasteiger partial charge in [0.15, 0.2) is 11.3 Å². The molecule has 0 radical (unpaired) electrons. The third kappa shape index (κ3) is 3.86. The first-order valence-corrected chi connectivity index (χ1v) is 8.57. The van der Waals surface area contributed by atoms with Crippen LogP contribution in [0.1, 0.15) is 18.2 Å². The summed E-state index contributed by atoms with van der Waals surface area (Å²) in [5, 5.41) is 4.01. The lowest BCUT2D eigenvalue weighted by Gasteiger charge is -2.37. The standard InChI is InChI=1S/C19H23N3OS/c1-21(2)17-11-9-15(10-12-17)18-22(13-6-14-23-18)19(24)20-16-7-4-3-5-8-16/h3-5,7-12,18H,6,13-14H2,1-2H3,(H,20,24)/t18-/m1/s1. The molecule has 0 saturated carbocycles. The van der Waals surface area contributed by atoms with Crippen molar-refractivity contribution in [2.45, 2.75) is 12.6 Å². The Hall–Kier alpha value is -2.11. The lowest BCUT2D eigenvalue weighted by atomic mass is 10.1. The van der Waals surface area contributed by atoms with Crippen molar-refractivity contribution in [1.82, 2.24) is 4.90 Å². The summed E-state index contributed by atoms with van der Waals surface area (Å²) in [5.41, 5.74) is 3.29. The van der Waals surface area contributed by atoms with Crippen molar-refractivity contribution in [2.75, 3.05) is 37.5 Å². The van der Waals surface area contributed by atoms with E-state index < -0.39 is 0 Å². The second-order valence-electron chi connectivity index (χ2n) is 6.05. The van der Waals surface area contributed by atoms with Crippen LogP contribution < -0.4 is 10.2 Å². The lowest BCUT2D eigenvalue weighted by molar-refractivity contribution is -0.0625. The van der Waals surface area contributed by atoms with Gasteiger partial charge in [0.2, 0.25) is 0 Å². The number of ether oxygens (including phenoxy) is 1. The van der Waals surface area contributed by atoms with Crippen LogP contribution in [0.25, 0.3) is 0 Å². The van der Waals surface area contributed by atoms with Gasteiger partial charge < -0.3 is 19.9 Å². The normalized spacial score (nSPS) is 17.4. The van der Waals surface area contributed by atoms with Gasteiger partial charge in [-0.05, 0) is 42.9 Å². The van der Waals surface area contributed by atoms with Crippen LogP contribution in [0.3, 0.4) is 0 Å². The molecule has 1 N–H and O–H groups in total. The zero-order valence-corrected chi connectivity index (χ0v) is 14.9. The number of hydrogen-bond acceptors (Lipinski definition) is 3. The molecule has 24 heavy (non-hydrogen) atoms. The number of nitrogens with one attached hydrogen (secondary N) is 1. The molecule has 0 aromatic heterocycles. The monoisotopic (exact) mass is 341 g/mol. The summed E-state index contributed by atoms with van der Waals surface area (Å²) >= 11 is 5.63. The van der Waals surface area contributed by atoms with E-state index in [-0.39, 0.29) is 6.23 Å². The first-order chi connectivity index (χ1) is 11.6. The number of benzene rings is 2. The zero-order valence-electron chi connectivity index (χ0n) is 14.1. The predicted octanol–water partition coefficient (Wildman–Crippen LogP) is 3.87. The van der Waals surface area contributed by atoms with Gasteiger partial charge in [-0.3, -0.25) is 0 Å². The summed E-state index contributed by atoms with van der Waals surface area (Å²) in [6, 6.07) is 18.5. The van der Waals surface area contributed by atoms with Crippen LogP contribution in [0.2, 0.25) is 0 Å². The molecule has 0 bridgehead atoms. The number of hydrogen-bond donors (Lipinski definition) is 1. The Morgan fingerprint density at radius 1 is 1.12 bits per heavy atom. The fraction of sp³-hybridized carbons (Fsp3) is 0.316. The van der Waals surface area contributed by atoms with E-state index in [9.17, 15) is 0 Å². The van der Waals surface area contributed by atoms with Gasteiger partial charge in [0.25, 0.3) is 0 Å². The molecule has 1 saturated heterocycles. The van der Waals surface area contributed by atoms with Gasteiger partial charge in [0.05, 0.1) is 6.61 Å². The summed E-state index contributed by atoms with van der Waals surface area (Å²) in [4.78, 5) is 4.21. The highest BCUT2D eigenvalue weighted by molar-refractivity contribution is 7.80. The van der Waals surface area contributed by atoms with Crippen LogP contribution in [-0.4, -0.2) is 37.3 Å². The van der Waals surface area contributed by atoms with E-state index >= 15 is 0 Å². The molecule has 0 amide bonds. The zero-order chi connectivity index (χ0) is 16.9. The Bertz CT molecular complexity index is 673. The third-order valence-electron chi connectivity index (χ3n) is 4.08. The number of thiocarbonyl (C=S) groups is 1. The van der Waals surface area contributed by atoms with Gasteiger partial charge in [0.1, 0.15) is 0 Å². The van der Waals surface area contributed by atoms with Crippen LogP contribution in [0.5, 0.6) is 0 Å². The fourth-order valence-electron chi connectivity index (χ4n) is 2.78. The molecule has 1 atom stereocenters. The smallest absolute Gasteiger partial charge is 0.175 e. The quantitative estimate of drug-likeness (QED) is 0.856. The van der Waals surface area contributed by atoms with Crippen molar-refractivity contribution >= 4 is 28.7 Å². The Morgan fingerprint density at radius 2 is 1.83 bits per heavy atom. The maximum Gasteiger partial charge on any atom is 0.175 e. The molecule has 0 unspecified atom stereocenters. The highest BCUT2D eigenvalue weighted by Crippen LogP contribution is 2.28. The lowest BCUT2D eigenvalue weighted by Crippen LogP contribution is -2.43. The van der Waals surface area contributed by atoms with Gasteiger partial charge in [-0.2, -0.15) is 0 Å². The SMILES string of the molecule is CN(C)c1ccc([C@H]2OCCCN2C(=S)Nc2ccccc2)cc1. The molecule has 2 aromatic rings. The largest absolute Gasteiger partial charge is 0.378 e. The summed E-state index contributed by atoms with van der Waals surface area (Å²) < 4.78 is 6.02. The highest BCUT2D eigenvalue weighted by atomic mass is 32.1. The van der Waals surface area contributed by atoms with Crippen molar-refractivity contribution in [3.8, 4) is 0 Å². The highest BCUT2D eigenvalue weighted by Gasteiger charge is 2.26. The van der Waals surface area contributed by atoms with Crippen LogP contribution in [0.4, 0.5) is 11.4 Å². The molecule has 0 spiro atoms. The van der Waals surface area contributed by atoms with E-state index in [4.69, 9.17) is 17.0 Å². The van der Waals surface area contributed by atoms with Gasteiger partial charge >= 0.3 is 0 Å². The Morgan fingerprint density at radius 3 is 2.50 bits per heavy atom. The molecule has 5 heteroatoms. The Balaban J connectivity index is 1.76. The second-order valence-corrected chi connectivity index (χ2v) is 6.44. The maximum atomic E-state index is 6.02. The number of anilines is 2. The van der Waals surface area contributed by atoms with E-state index in [0.29, 0.717) is 5.11 Å². The van der Waals surface area contributed by atoms with Gasteiger partial charge in [-0.1, -0.05) is 30.3 Å². The summed E-state index contributed by atoms with van der Waals surface area (Å²) in [5.74, 6) is 0. The number of para-hydroxylation sites is 1. The summed E-state index contributed by atoms with van der Waals surface area (Å²) in [6.07, 6.45) is 0.835. The Kier molecular flexibility index (Phi) is 5.33. The molecular weight excluding hydrogens is 318 g/mol. The molecular formula is C19H23N3OS. The molecule has 3 rings (SSSR count). The van der Waals surface area contributed by atoms with Crippen molar-refractivity contribution < 1.29 is 4.74 Å². The van der Waals surface area contributed by atoms with Crippen LogP contribution in [0, 0.1) is 0 Å². The number of rotatable bonds is 3. The van der Waals surface area contributed by atoms with Crippen molar-refractivity contribution in [3.05, 3.63) is 60.2 Å². The molecule has 1 fully saturated rings. The minimum atomic E-state index is -0.140. The minimum absolute atomic E-state index is 0.140. The first kappa shape index (κ1) is 16.7. The first-order valence-electron chi connectivity index (χ1n) is 8.17. The number of nitrogens with zero attached hydrogens (tertiary/aromatic N) is 2. The van der Waals surface area contributed by atoms with Crippen molar-refractivity contribution in [3.63, 3.8) is 0 Å². The molecule has 1 aliphatic heterocycles. The molecule has 4 nitrogen and oxygen atoms in total. The molecule has 1 aliphatic rings. The molecule has 1 heterocycles. The predicted molar refractivity (Wildman–Crippen MR) is 103 cm³/mol. The topological polar surface area (TPSA) is 27.7 Å². The fourth-order valence-corrected chi connectivity index (χ4v) is 3.08. The van der Waals surface area contributed by atoms with E-state index in [2.05, 4.69) is 39.4 Å². The van der Waals surface area contributed by atoms with Gasteiger partial charge in [-0.25, -0.2) is 0 Å². The van der Waals surface area contributed by atoms with Crippen LogP contribution in [-0.2, 0) is 4.74 Å². The van der Waals surface area contributed by atoms with Crippen molar-refractivity contribution in [2.24, 2.45) is 0 Å². The van der Waals surface area contributed by atoms with Gasteiger partial charge in [0, 0.05) is 37.6 Å². The minimum Gasteiger partial charge on any atom is -0.378 e. The maximum absolute atomic E-state index is 6.02. The molecule has 0 aliphatic carbocycles. The van der Waals surface area contributed by atoms with E-state index in [1.165, 1.54) is 5.69 Å². The third-order valence-corrected chi connectivity index (χ3v) is 4.42. The van der Waals surface area contributed by atoms with Crippen LogP contribution >= 0.6 is 12.2 Å². The molecule has 2 aromatic carbocycles. The van der Waals surface area contributed by atoms with E-state index in [1.54, 1.807) is 0 Å². The van der Waals surface area contributed by atoms with E-state index in [0.717, 1.165) is 30.8 Å². The average molecular weight is 341 g/mol.